The number of aromatic nitrogens is 2. The maximum Gasteiger partial charge on any atom is 0.356 e. The molecule has 1 amide bonds. The number of nitrogens with zero attached hydrogens (tertiary/aromatic N) is 3. The largest absolute Gasteiger partial charge is 0.356 e. The van der Waals surface area contributed by atoms with Crippen LogP contribution < -0.4 is 21.7 Å². The number of amides is 1. The normalized spacial score (nSPS) is 10.0. The van der Waals surface area contributed by atoms with Crippen LogP contribution in [0.25, 0.3) is 0 Å². The molecule has 3 aromatic rings. The minimum atomic E-state index is -0.661. The molecule has 11 heteroatoms. The van der Waals surface area contributed by atoms with Crippen molar-refractivity contribution in [3.8, 4) is 0 Å². The molecule has 3 rings (SSSR count). The molecule has 0 atom stereocenters. The van der Waals surface area contributed by atoms with Gasteiger partial charge in [0.15, 0.2) is 0 Å². The number of nitrogens with one attached hydrogen (secondary N) is 4. The van der Waals surface area contributed by atoms with Crippen molar-refractivity contribution in [2.45, 2.75) is 0 Å². The molecule has 10 nitrogen and oxygen atoms in total. The Balaban J connectivity index is 1.74. The first-order chi connectivity index (χ1) is 13.5. The van der Waals surface area contributed by atoms with E-state index in [1.807, 2.05) is 6.07 Å². The van der Waals surface area contributed by atoms with Crippen LogP contribution in [0.3, 0.4) is 0 Å². The summed E-state index contributed by atoms with van der Waals surface area (Å²) in [7, 11) is 0. The molecule has 0 saturated heterocycles. The van der Waals surface area contributed by atoms with Crippen molar-refractivity contribution < 1.29 is 9.72 Å². The molecule has 28 heavy (non-hydrogen) atoms. The number of carbonyl (C=O) groups excluding carboxylic acids is 1. The van der Waals surface area contributed by atoms with Crippen LogP contribution in [0.15, 0.2) is 60.9 Å². The summed E-state index contributed by atoms with van der Waals surface area (Å²) in [5.41, 5.74) is 10.8. The first kappa shape index (κ1) is 18.9. The van der Waals surface area contributed by atoms with Crippen molar-refractivity contribution in [2.24, 2.45) is 0 Å². The Morgan fingerprint density at radius 2 is 1.57 bits per heavy atom. The zero-order chi connectivity index (χ0) is 19.9. The zero-order valence-corrected chi connectivity index (χ0v) is 15.0. The summed E-state index contributed by atoms with van der Waals surface area (Å²) in [6.07, 6.45) is 1.12. The molecule has 0 saturated carbocycles. The molecule has 0 unspecified atom stereocenters. The summed E-state index contributed by atoms with van der Waals surface area (Å²) < 4.78 is 0. The number of anilines is 3. The van der Waals surface area contributed by atoms with Crippen LogP contribution in [0.5, 0.6) is 0 Å². The Labute approximate surface area is 164 Å². The maximum absolute atomic E-state index is 12.1. The molecule has 142 valence electrons. The number of para-hydroxylation sites is 1. The topological polar surface area (TPSA) is 134 Å². The molecule has 0 aliphatic rings. The Hall–Kier alpha value is -3.92. The van der Waals surface area contributed by atoms with E-state index in [1.165, 1.54) is 12.1 Å². The van der Waals surface area contributed by atoms with Crippen molar-refractivity contribution in [3.63, 3.8) is 0 Å². The second kappa shape index (κ2) is 8.64. The van der Waals surface area contributed by atoms with Gasteiger partial charge in [-0.15, -0.1) is 0 Å². The van der Waals surface area contributed by atoms with E-state index in [4.69, 9.17) is 11.6 Å². The summed E-state index contributed by atoms with van der Waals surface area (Å²) in [5, 5.41) is 12.0. The lowest BCUT2D eigenvalue weighted by Gasteiger charge is -2.12. The number of carbonyl (C=O) groups is 1. The fraction of sp³-hybridized carbons (Fsp3) is 0. The van der Waals surface area contributed by atoms with E-state index in [-0.39, 0.29) is 11.6 Å². The van der Waals surface area contributed by atoms with Gasteiger partial charge in [-0.05, 0) is 36.4 Å². The van der Waals surface area contributed by atoms with Crippen LogP contribution >= 0.6 is 11.6 Å². The lowest BCUT2D eigenvalue weighted by atomic mass is 10.2. The molecule has 0 radical (unpaired) electrons. The van der Waals surface area contributed by atoms with Crippen LogP contribution in [0.4, 0.5) is 23.0 Å². The molecular weight excluding hydrogens is 386 g/mol. The highest BCUT2D eigenvalue weighted by atomic mass is 35.5. The van der Waals surface area contributed by atoms with Gasteiger partial charge in [0.25, 0.3) is 5.91 Å². The molecule has 0 aliphatic carbocycles. The predicted octanol–water partition coefficient (Wildman–Crippen LogP) is 3.23. The van der Waals surface area contributed by atoms with E-state index in [0.29, 0.717) is 16.3 Å². The van der Waals surface area contributed by atoms with Gasteiger partial charge in [0, 0.05) is 10.6 Å². The number of hydrogen-bond acceptors (Lipinski definition) is 8. The third kappa shape index (κ3) is 4.62. The molecule has 4 N–H and O–H groups in total. The fourth-order valence-electron chi connectivity index (χ4n) is 2.18. The van der Waals surface area contributed by atoms with E-state index < -0.39 is 16.5 Å². The summed E-state index contributed by atoms with van der Waals surface area (Å²) in [6.45, 7) is 0. The molecule has 0 spiro atoms. The quantitative estimate of drug-likeness (QED) is 0.351. The van der Waals surface area contributed by atoms with E-state index in [0.717, 1.165) is 6.33 Å². The fourth-order valence-corrected chi connectivity index (χ4v) is 2.30. The van der Waals surface area contributed by atoms with Crippen molar-refractivity contribution in [1.82, 2.24) is 15.4 Å². The number of hydrazine groups is 2. The Morgan fingerprint density at radius 3 is 2.21 bits per heavy atom. The molecule has 1 heterocycles. The SMILES string of the molecule is O=C(NNc1ncnc(NNc2ccccc2)c1[N+](=O)[O-])c1ccc(Cl)cc1. The van der Waals surface area contributed by atoms with Gasteiger partial charge >= 0.3 is 5.69 Å². The number of hydrogen-bond donors (Lipinski definition) is 4. The minimum absolute atomic E-state index is 0.0768. The second-order valence-electron chi connectivity index (χ2n) is 5.38. The third-order valence-electron chi connectivity index (χ3n) is 3.50. The summed E-state index contributed by atoms with van der Waals surface area (Å²) in [5.74, 6) is -0.770. The van der Waals surface area contributed by atoms with Gasteiger partial charge in [0.05, 0.1) is 10.6 Å². The Morgan fingerprint density at radius 1 is 0.929 bits per heavy atom. The van der Waals surface area contributed by atoms with Crippen molar-refractivity contribution in [1.29, 1.82) is 0 Å². The average Bonchev–Trinajstić information content (AvgIpc) is 2.71. The molecule has 0 aliphatic heterocycles. The number of halogens is 1. The highest BCUT2D eigenvalue weighted by Crippen LogP contribution is 2.28. The van der Waals surface area contributed by atoms with Crippen LogP contribution in [-0.2, 0) is 0 Å². The van der Waals surface area contributed by atoms with E-state index in [1.54, 1.807) is 36.4 Å². The molecular formula is C17H14ClN7O3. The number of benzene rings is 2. The molecule has 0 bridgehead atoms. The van der Waals surface area contributed by atoms with Gasteiger partial charge in [-0.25, -0.2) is 9.97 Å². The molecule has 2 aromatic carbocycles. The zero-order valence-electron chi connectivity index (χ0n) is 14.2. The highest BCUT2D eigenvalue weighted by Gasteiger charge is 2.23. The monoisotopic (exact) mass is 399 g/mol. The van der Waals surface area contributed by atoms with Gasteiger partial charge < -0.3 is 0 Å². The Bertz CT molecular complexity index is 984. The molecule has 1 aromatic heterocycles. The number of rotatable bonds is 7. The van der Waals surface area contributed by atoms with Gasteiger partial charge in [-0.3, -0.25) is 36.6 Å². The van der Waals surface area contributed by atoms with E-state index >= 15 is 0 Å². The standard InChI is InChI=1S/C17H14ClN7O3/c18-12-8-6-11(7-9-12)17(26)24-23-16-14(25(27)28)15(19-10-20-16)22-21-13-4-2-1-3-5-13/h1-10,21H,(H,24,26)(H2,19,20,22,23). The van der Waals surface area contributed by atoms with E-state index in [9.17, 15) is 14.9 Å². The van der Waals surface area contributed by atoms with Gasteiger partial charge in [0.2, 0.25) is 11.6 Å². The van der Waals surface area contributed by atoms with Crippen molar-refractivity contribution in [3.05, 3.63) is 81.6 Å². The Kier molecular flexibility index (Phi) is 5.82. The van der Waals surface area contributed by atoms with Crippen molar-refractivity contribution >= 4 is 40.5 Å². The first-order valence-corrected chi connectivity index (χ1v) is 8.31. The average molecular weight is 400 g/mol. The minimum Gasteiger partial charge on any atom is -0.299 e. The van der Waals surface area contributed by atoms with Gasteiger partial charge in [0.1, 0.15) is 6.33 Å². The number of nitro groups is 1. The van der Waals surface area contributed by atoms with Crippen molar-refractivity contribution in [2.75, 3.05) is 16.3 Å². The molecule has 0 fully saturated rings. The highest BCUT2D eigenvalue weighted by molar-refractivity contribution is 6.30. The van der Waals surface area contributed by atoms with Crippen LogP contribution in [0.1, 0.15) is 10.4 Å². The second-order valence-corrected chi connectivity index (χ2v) is 5.82. The smallest absolute Gasteiger partial charge is 0.299 e. The summed E-state index contributed by atoms with van der Waals surface area (Å²) in [6, 6.07) is 15.1. The maximum atomic E-state index is 12.1. The lowest BCUT2D eigenvalue weighted by Crippen LogP contribution is -2.30. The van der Waals surface area contributed by atoms with Gasteiger partial charge in [-0.1, -0.05) is 29.8 Å². The predicted molar refractivity (Wildman–Crippen MR) is 105 cm³/mol. The van der Waals surface area contributed by atoms with E-state index in [2.05, 4.69) is 31.7 Å². The third-order valence-corrected chi connectivity index (χ3v) is 3.76. The summed E-state index contributed by atoms with van der Waals surface area (Å²) >= 11 is 5.78. The first-order valence-electron chi connectivity index (χ1n) is 7.93. The van der Waals surface area contributed by atoms with Gasteiger partial charge in [-0.2, -0.15) is 0 Å². The van der Waals surface area contributed by atoms with Crippen LogP contribution in [0, 0.1) is 10.1 Å². The lowest BCUT2D eigenvalue weighted by molar-refractivity contribution is -0.383. The van der Waals surface area contributed by atoms with Crippen LogP contribution in [0.2, 0.25) is 5.02 Å². The summed E-state index contributed by atoms with van der Waals surface area (Å²) in [4.78, 5) is 30.7. The van der Waals surface area contributed by atoms with Crippen LogP contribution in [-0.4, -0.2) is 20.8 Å².